The van der Waals surface area contributed by atoms with E-state index in [0.29, 0.717) is 29.5 Å². The van der Waals surface area contributed by atoms with Crippen molar-refractivity contribution < 1.29 is 22.7 Å². The number of nitrogens with one attached hydrogen (secondary N) is 2. The summed E-state index contributed by atoms with van der Waals surface area (Å²) in [5.74, 6) is -0.442. The fourth-order valence-electron chi connectivity index (χ4n) is 2.79. The van der Waals surface area contributed by atoms with Crippen molar-refractivity contribution in [3.63, 3.8) is 0 Å². The normalized spacial score (nSPS) is 11.4. The number of carbonyl (C=O) groups excluding carboxylic acids is 1. The molecule has 0 radical (unpaired) electrons. The molecule has 2 aromatic carbocycles. The quantitative estimate of drug-likeness (QED) is 0.651. The number of alkyl halides is 3. The summed E-state index contributed by atoms with van der Waals surface area (Å²) in [4.78, 5) is 24.4. The Morgan fingerprint density at radius 1 is 1.17 bits per heavy atom. The Kier molecular flexibility index (Phi) is 5.86. The van der Waals surface area contributed by atoms with Gasteiger partial charge in [-0.3, -0.25) is 9.59 Å². The number of H-pyrrole nitrogens is 1. The van der Waals surface area contributed by atoms with Crippen LogP contribution in [0.1, 0.15) is 24.6 Å². The second-order valence-electron chi connectivity index (χ2n) is 6.33. The summed E-state index contributed by atoms with van der Waals surface area (Å²) in [6.07, 6.45) is -4.14. The van der Waals surface area contributed by atoms with Gasteiger partial charge in [-0.25, -0.2) is 5.10 Å². The van der Waals surface area contributed by atoms with Crippen LogP contribution in [0.25, 0.3) is 10.8 Å². The van der Waals surface area contributed by atoms with Crippen LogP contribution in [0.2, 0.25) is 0 Å². The van der Waals surface area contributed by atoms with Crippen LogP contribution in [0, 0.1) is 0 Å². The topological polar surface area (TPSA) is 84.1 Å². The lowest BCUT2D eigenvalue weighted by Gasteiger charge is -2.15. The summed E-state index contributed by atoms with van der Waals surface area (Å²) < 4.78 is 44.6. The first-order valence-electron chi connectivity index (χ1n) is 8.89. The number of rotatable bonds is 6. The molecule has 0 fully saturated rings. The zero-order valence-corrected chi connectivity index (χ0v) is 15.5. The summed E-state index contributed by atoms with van der Waals surface area (Å²) in [6.45, 7) is 2.15. The fraction of sp³-hybridized carbons (Fsp3) is 0.250. The molecule has 1 aromatic heterocycles. The van der Waals surface area contributed by atoms with Crippen LogP contribution < -0.4 is 15.6 Å². The predicted molar refractivity (Wildman–Crippen MR) is 102 cm³/mol. The Morgan fingerprint density at radius 3 is 2.59 bits per heavy atom. The highest BCUT2D eigenvalue weighted by Crippen LogP contribution is 2.35. The third-order valence-electron chi connectivity index (χ3n) is 4.15. The summed E-state index contributed by atoms with van der Waals surface area (Å²) >= 11 is 0. The van der Waals surface area contributed by atoms with E-state index < -0.39 is 23.2 Å². The molecule has 0 saturated carbocycles. The maximum absolute atomic E-state index is 13.1. The molecule has 0 unspecified atom stereocenters. The first-order valence-corrected chi connectivity index (χ1v) is 8.89. The number of anilines is 1. The molecule has 9 heteroatoms. The minimum Gasteiger partial charge on any atom is -0.491 e. The van der Waals surface area contributed by atoms with Crippen molar-refractivity contribution in [1.29, 1.82) is 0 Å². The van der Waals surface area contributed by atoms with Crippen LogP contribution in [-0.2, 0) is 17.4 Å². The van der Waals surface area contributed by atoms with Gasteiger partial charge in [0.2, 0.25) is 5.91 Å². The standard InChI is InChI=1S/C20H18F3N3O3/c1-2-9-29-17-8-7-12(20(21,22)23)10-16(17)24-18(27)11-15-13-5-3-4-6-14(13)19(28)26-25-15/h3-8,10H,2,9,11H2,1H3,(H,24,27)(H,26,28). The van der Waals surface area contributed by atoms with Crippen molar-refractivity contribution in [2.24, 2.45) is 0 Å². The molecule has 6 nitrogen and oxygen atoms in total. The van der Waals surface area contributed by atoms with Gasteiger partial charge in [-0.2, -0.15) is 18.3 Å². The highest BCUT2D eigenvalue weighted by molar-refractivity contribution is 5.96. The number of aromatic amines is 1. The number of amides is 1. The van der Waals surface area contributed by atoms with Crippen molar-refractivity contribution in [3.05, 3.63) is 64.1 Å². The van der Waals surface area contributed by atoms with E-state index in [0.717, 1.165) is 12.1 Å². The predicted octanol–water partition coefficient (Wildman–Crippen LogP) is 3.91. The molecule has 152 valence electrons. The maximum atomic E-state index is 13.1. The molecule has 0 aliphatic carbocycles. The highest BCUT2D eigenvalue weighted by atomic mass is 19.4. The lowest BCUT2D eigenvalue weighted by Crippen LogP contribution is -2.19. The average Bonchev–Trinajstić information content (AvgIpc) is 2.68. The van der Waals surface area contributed by atoms with Crippen molar-refractivity contribution in [3.8, 4) is 5.75 Å². The van der Waals surface area contributed by atoms with Gasteiger partial charge in [0.15, 0.2) is 0 Å². The van der Waals surface area contributed by atoms with E-state index in [1.807, 2.05) is 6.92 Å². The van der Waals surface area contributed by atoms with Crippen LogP contribution >= 0.6 is 0 Å². The van der Waals surface area contributed by atoms with Crippen molar-refractivity contribution >= 4 is 22.4 Å². The molecular formula is C20H18F3N3O3. The van der Waals surface area contributed by atoms with Crippen LogP contribution in [0.5, 0.6) is 5.75 Å². The molecule has 3 rings (SSSR count). The summed E-state index contributed by atoms with van der Waals surface area (Å²) in [6, 6.07) is 9.55. The molecule has 3 aromatic rings. The van der Waals surface area contributed by atoms with E-state index in [4.69, 9.17) is 4.74 Å². The number of fused-ring (bicyclic) bond motifs is 1. The maximum Gasteiger partial charge on any atom is 0.416 e. The second kappa shape index (κ2) is 8.34. The largest absolute Gasteiger partial charge is 0.491 e. The smallest absolute Gasteiger partial charge is 0.416 e. The Labute approximate surface area is 163 Å². The molecule has 0 aliphatic rings. The van der Waals surface area contributed by atoms with Crippen molar-refractivity contribution in [2.75, 3.05) is 11.9 Å². The van der Waals surface area contributed by atoms with Gasteiger partial charge >= 0.3 is 6.18 Å². The Balaban J connectivity index is 1.88. The minimum atomic E-state index is -4.56. The lowest BCUT2D eigenvalue weighted by molar-refractivity contribution is -0.137. The van der Waals surface area contributed by atoms with Gasteiger partial charge in [0.25, 0.3) is 5.56 Å². The summed E-state index contributed by atoms with van der Waals surface area (Å²) in [5, 5.41) is 9.56. The van der Waals surface area contributed by atoms with Gasteiger partial charge in [0.05, 0.1) is 35.4 Å². The van der Waals surface area contributed by atoms with E-state index in [-0.39, 0.29) is 17.9 Å². The van der Waals surface area contributed by atoms with Gasteiger partial charge in [-0.05, 0) is 30.7 Å². The molecule has 1 amide bonds. The first-order chi connectivity index (χ1) is 13.8. The zero-order valence-electron chi connectivity index (χ0n) is 15.5. The number of hydrogen-bond acceptors (Lipinski definition) is 4. The Hall–Kier alpha value is -3.36. The molecule has 1 heterocycles. The summed E-state index contributed by atoms with van der Waals surface area (Å²) in [5.41, 5.74) is -1.06. The van der Waals surface area contributed by atoms with Gasteiger partial charge in [0.1, 0.15) is 5.75 Å². The second-order valence-corrected chi connectivity index (χ2v) is 6.33. The summed E-state index contributed by atoms with van der Waals surface area (Å²) in [7, 11) is 0. The lowest BCUT2D eigenvalue weighted by atomic mass is 10.1. The number of nitrogens with zero attached hydrogens (tertiary/aromatic N) is 1. The van der Waals surface area contributed by atoms with E-state index in [1.165, 1.54) is 6.07 Å². The molecule has 0 aliphatic heterocycles. The van der Waals surface area contributed by atoms with Crippen LogP contribution in [0.15, 0.2) is 47.3 Å². The number of benzene rings is 2. The van der Waals surface area contributed by atoms with Crippen LogP contribution in [-0.4, -0.2) is 22.7 Å². The van der Waals surface area contributed by atoms with E-state index >= 15 is 0 Å². The first kappa shape index (κ1) is 20.4. The van der Waals surface area contributed by atoms with Gasteiger partial charge in [0, 0.05) is 5.39 Å². The van der Waals surface area contributed by atoms with Crippen molar-refractivity contribution in [2.45, 2.75) is 25.9 Å². The number of ether oxygens (including phenoxy) is 1. The molecule has 29 heavy (non-hydrogen) atoms. The number of carbonyl (C=O) groups is 1. The van der Waals surface area contributed by atoms with E-state index in [2.05, 4.69) is 15.5 Å². The molecule has 0 spiro atoms. The van der Waals surface area contributed by atoms with Crippen LogP contribution in [0.3, 0.4) is 0 Å². The van der Waals surface area contributed by atoms with Crippen molar-refractivity contribution in [1.82, 2.24) is 10.2 Å². The van der Waals surface area contributed by atoms with E-state index in [1.54, 1.807) is 24.3 Å². The van der Waals surface area contributed by atoms with Gasteiger partial charge in [-0.1, -0.05) is 25.1 Å². The van der Waals surface area contributed by atoms with E-state index in [9.17, 15) is 22.8 Å². The Bertz CT molecular complexity index is 1090. The molecule has 0 saturated heterocycles. The van der Waals surface area contributed by atoms with Gasteiger partial charge < -0.3 is 10.1 Å². The fourth-order valence-corrected chi connectivity index (χ4v) is 2.79. The monoisotopic (exact) mass is 405 g/mol. The van der Waals surface area contributed by atoms with Gasteiger partial charge in [-0.15, -0.1) is 0 Å². The third kappa shape index (κ3) is 4.74. The molecule has 0 bridgehead atoms. The number of hydrogen-bond donors (Lipinski definition) is 2. The average molecular weight is 405 g/mol. The van der Waals surface area contributed by atoms with Crippen LogP contribution in [0.4, 0.5) is 18.9 Å². The Morgan fingerprint density at radius 2 is 1.90 bits per heavy atom. The SMILES string of the molecule is CCCOc1ccc(C(F)(F)F)cc1NC(=O)Cc1n[nH]c(=O)c2ccccc12. The minimum absolute atomic E-state index is 0.0768. The molecule has 2 N–H and O–H groups in total. The third-order valence-corrected chi connectivity index (χ3v) is 4.15. The highest BCUT2D eigenvalue weighted by Gasteiger charge is 2.31. The number of aromatic nitrogens is 2. The number of halogens is 3. The molecule has 0 atom stereocenters. The zero-order chi connectivity index (χ0) is 21.0. The molecular weight excluding hydrogens is 387 g/mol.